The largest absolute Gasteiger partial charge is 0.393 e. The second-order valence-electron chi connectivity index (χ2n) is 3.97. The number of hydrogen-bond acceptors (Lipinski definition) is 5. The molecule has 5 heteroatoms. The minimum Gasteiger partial charge on any atom is -0.393 e. The van der Waals surface area contributed by atoms with Crippen molar-refractivity contribution in [2.45, 2.75) is 32.8 Å². The van der Waals surface area contributed by atoms with Crippen LogP contribution in [0.2, 0.25) is 0 Å². The molecule has 1 N–H and O–H groups in total. The molecule has 17 heavy (non-hydrogen) atoms. The highest BCUT2D eigenvalue weighted by Gasteiger charge is 2.13. The SMILES string of the molecule is CCC(O)Cc1nc(-c2ccncc2C)no1. The summed E-state index contributed by atoms with van der Waals surface area (Å²) >= 11 is 0. The Morgan fingerprint density at radius 2 is 2.29 bits per heavy atom. The molecule has 2 rings (SSSR count). The van der Waals surface area contributed by atoms with E-state index in [2.05, 4.69) is 15.1 Å². The molecule has 0 saturated carbocycles. The van der Waals surface area contributed by atoms with Crippen molar-refractivity contribution in [1.29, 1.82) is 0 Å². The first-order valence-electron chi connectivity index (χ1n) is 5.62. The first-order chi connectivity index (χ1) is 8.20. The van der Waals surface area contributed by atoms with Crippen LogP contribution in [-0.2, 0) is 6.42 Å². The molecular formula is C12H15N3O2. The molecule has 2 aromatic rings. The lowest BCUT2D eigenvalue weighted by Gasteiger charge is -2.01. The van der Waals surface area contributed by atoms with Gasteiger partial charge >= 0.3 is 0 Å². The fourth-order valence-electron chi connectivity index (χ4n) is 1.52. The van der Waals surface area contributed by atoms with Gasteiger partial charge in [0.05, 0.1) is 12.5 Å². The zero-order valence-corrected chi connectivity index (χ0v) is 9.92. The lowest BCUT2D eigenvalue weighted by molar-refractivity contribution is 0.158. The molecule has 0 radical (unpaired) electrons. The standard InChI is InChI=1S/C12H15N3O2/c1-3-9(16)6-11-14-12(15-17-11)10-4-5-13-7-8(10)2/h4-5,7,9,16H,3,6H2,1-2H3. The van der Waals surface area contributed by atoms with Crippen molar-refractivity contribution < 1.29 is 9.63 Å². The first-order valence-corrected chi connectivity index (χ1v) is 5.62. The Kier molecular flexibility index (Phi) is 3.49. The zero-order valence-electron chi connectivity index (χ0n) is 9.92. The smallest absolute Gasteiger partial charge is 0.229 e. The van der Waals surface area contributed by atoms with Crippen molar-refractivity contribution in [3.63, 3.8) is 0 Å². The van der Waals surface area contributed by atoms with Gasteiger partial charge in [0, 0.05) is 18.0 Å². The normalized spacial score (nSPS) is 12.6. The van der Waals surface area contributed by atoms with Crippen molar-refractivity contribution >= 4 is 0 Å². The van der Waals surface area contributed by atoms with Gasteiger partial charge < -0.3 is 9.63 Å². The van der Waals surface area contributed by atoms with E-state index in [0.717, 1.165) is 11.1 Å². The van der Waals surface area contributed by atoms with E-state index >= 15 is 0 Å². The Morgan fingerprint density at radius 3 is 3.00 bits per heavy atom. The second kappa shape index (κ2) is 5.05. The van der Waals surface area contributed by atoms with E-state index in [0.29, 0.717) is 24.6 Å². The average Bonchev–Trinajstić information content (AvgIpc) is 2.78. The van der Waals surface area contributed by atoms with E-state index in [1.54, 1.807) is 12.4 Å². The number of aromatic nitrogens is 3. The summed E-state index contributed by atoms with van der Waals surface area (Å²) in [4.78, 5) is 8.28. The number of rotatable bonds is 4. The maximum absolute atomic E-state index is 9.51. The minimum atomic E-state index is -0.429. The molecule has 1 atom stereocenters. The van der Waals surface area contributed by atoms with Gasteiger partial charge in [0.1, 0.15) is 0 Å². The lowest BCUT2D eigenvalue weighted by Crippen LogP contribution is -2.08. The van der Waals surface area contributed by atoms with Crippen LogP contribution >= 0.6 is 0 Å². The molecule has 5 nitrogen and oxygen atoms in total. The van der Waals surface area contributed by atoms with Crippen molar-refractivity contribution in [3.05, 3.63) is 29.9 Å². The molecule has 0 amide bonds. The third-order valence-corrected chi connectivity index (χ3v) is 2.61. The zero-order chi connectivity index (χ0) is 12.3. The summed E-state index contributed by atoms with van der Waals surface area (Å²) in [6, 6.07) is 1.85. The van der Waals surface area contributed by atoms with E-state index < -0.39 is 6.10 Å². The maximum Gasteiger partial charge on any atom is 0.229 e. The Labute approximate surface area is 99.5 Å². The Morgan fingerprint density at radius 1 is 1.47 bits per heavy atom. The highest BCUT2D eigenvalue weighted by molar-refractivity contribution is 5.57. The molecular weight excluding hydrogens is 218 g/mol. The molecule has 0 aliphatic heterocycles. The molecule has 0 aliphatic rings. The molecule has 0 saturated heterocycles. The topological polar surface area (TPSA) is 72.0 Å². The first kappa shape index (κ1) is 11.7. The number of pyridine rings is 1. The molecule has 90 valence electrons. The van der Waals surface area contributed by atoms with Gasteiger partial charge in [0.2, 0.25) is 11.7 Å². The van der Waals surface area contributed by atoms with Crippen LogP contribution in [0.25, 0.3) is 11.4 Å². The van der Waals surface area contributed by atoms with Gasteiger partial charge in [-0.25, -0.2) is 0 Å². The van der Waals surface area contributed by atoms with Gasteiger partial charge in [-0.1, -0.05) is 12.1 Å². The minimum absolute atomic E-state index is 0.396. The summed E-state index contributed by atoms with van der Waals surface area (Å²) < 4.78 is 5.11. The Balaban J connectivity index is 2.21. The van der Waals surface area contributed by atoms with Gasteiger partial charge in [-0.15, -0.1) is 0 Å². The number of aliphatic hydroxyl groups is 1. The van der Waals surface area contributed by atoms with E-state index in [4.69, 9.17) is 4.52 Å². The summed E-state index contributed by atoms with van der Waals surface area (Å²) in [6.07, 6.45) is 4.09. The summed E-state index contributed by atoms with van der Waals surface area (Å²) in [7, 11) is 0. The third kappa shape index (κ3) is 2.68. The molecule has 0 fully saturated rings. The summed E-state index contributed by atoms with van der Waals surface area (Å²) in [5.41, 5.74) is 1.90. The predicted octanol–water partition coefficient (Wildman–Crippen LogP) is 1.75. The number of aliphatic hydroxyl groups excluding tert-OH is 1. The van der Waals surface area contributed by atoms with Crippen LogP contribution in [0.4, 0.5) is 0 Å². The van der Waals surface area contributed by atoms with Crippen molar-refractivity contribution in [2.24, 2.45) is 0 Å². The van der Waals surface area contributed by atoms with Crippen LogP contribution in [0.3, 0.4) is 0 Å². The van der Waals surface area contributed by atoms with Gasteiger partial charge in [-0.3, -0.25) is 4.98 Å². The quantitative estimate of drug-likeness (QED) is 0.871. The molecule has 0 aliphatic carbocycles. The molecule has 0 aromatic carbocycles. The van der Waals surface area contributed by atoms with Crippen molar-refractivity contribution in [1.82, 2.24) is 15.1 Å². The third-order valence-electron chi connectivity index (χ3n) is 2.61. The fraction of sp³-hybridized carbons (Fsp3) is 0.417. The van der Waals surface area contributed by atoms with E-state index in [-0.39, 0.29) is 0 Å². The predicted molar refractivity (Wildman–Crippen MR) is 62.3 cm³/mol. The van der Waals surface area contributed by atoms with Gasteiger partial charge in [0.25, 0.3) is 0 Å². The summed E-state index contributed by atoms with van der Waals surface area (Å²) in [6.45, 7) is 3.86. The van der Waals surface area contributed by atoms with Gasteiger partial charge in [-0.2, -0.15) is 4.98 Å². The summed E-state index contributed by atoms with van der Waals surface area (Å²) in [5.74, 6) is 1.01. The number of nitrogens with zero attached hydrogens (tertiary/aromatic N) is 3. The Hall–Kier alpha value is -1.75. The number of aryl methyl sites for hydroxylation is 1. The monoisotopic (exact) mass is 233 g/mol. The molecule has 2 heterocycles. The van der Waals surface area contributed by atoms with E-state index in [9.17, 15) is 5.11 Å². The van der Waals surface area contributed by atoms with E-state index in [1.807, 2.05) is 19.9 Å². The fourth-order valence-corrected chi connectivity index (χ4v) is 1.52. The number of hydrogen-bond donors (Lipinski definition) is 1. The van der Waals surface area contributed by atoms with Crippen LogP contribution in [0.15, 0.2) is 23.0 Å². The molecule has 0 spiro atoms. The lowest BCUT2D eigenvalue weighted by atomic mass is 10.1. The molecule has 1 unspecified atom stereocenters. The Bertz CT molecular complexity index is 496. The second-order valence-corrected chi connectivity index (χ2v) is 3.97. The van der Waals surface area contributed by atoms with Crippen LogP contribution < -0.4 is 0 Å². The highest BCUT2D eigenvalue weighted by atomic mass is 16.5. The van der Waals surface area contributed by atoms with Crippen molar-refractivity contribution in [2.75, 3.05) is 0 Å². The average molecular weight is 233 g/mol. The van der Waals surface area contributed by atoms with Crippen molar-refractivity contribution in [3.8, 4) is 11.4 Å². The van der Waals surface area contributed by atoms with Crippen LogP contribution in [0, 0.1) is 6.92 Å². The van der Waals surface area contributed by atoms with Crippen LogP contribution in [0.5, 0.6) is 0 Å². The van der Waals surface area contributed by atoms with Gasteiger partial charge in [-0.05, 0) is 25.0 Å². The van der Waals surface area contributed by atoms with Crippen LogP contribution in [-0.4, -0.2) is 26.3 Å². The van der Waals surface area contributed by atoms with Crippen LogP contribution in [0.1, 0.15) is 24.8 Å². The molecule has 2 aromatic heterocycles. The summed E-state index contributed by atoms with van der Waals surface area (Å²) in [5, 5.41) is 13.4. The molecule has 0 bridgehead atoms. The highest BCUT2D eigenvalue weighted by Crippen LogP contribution is 2.19. The van der Waals surface area contributed by atoms with E-state index in [1.165, 1.54) is 0 Å². The van der Waals surface area contributed by atoms with Gasteiger partial charge in [0.15, 0.2) is 0 Å². The maximum atomic E-state index is 9.51.